The van der Waals surface area contributed by atoms with Crippen molar-refractivity contribution in [3.63, 3.8) is 0 Å². The van der Waals surface area contributed by atoms with E-state index in [2.05, 4.69) is 9.46 Å². The van der Waals surface area contributed by atoms with Crippen molar-refractivity contribution < 1.29 is 22.7 Å². The number of nitrogens with one attached hydrogen (secondary N) is 1. The first-order chi connectivity index (χ1) is 9.38. The van der Waals surface area contributed by atoms with Gasteiger partial charge in [0.25, 0.3) is 0 Å². The van der Waals surface area contributed by atoms with E-state index in [9.17, 15) is 13.2 Å². The Morgan fingerprint density at radius 3 is 2.65 bits per heavy atom. The third-order valence-electron chi connectivity index (χ3n) is 2.51. The van der Waals surface area contributed by atoms with Crippen molar-refractivity contribution in [3.05, 3.63) is 18.2 Å². The van der Waals surface area contributed by atoms with Crippen LogP contribution in [0.15, 0.2) is 18.2 Å². The molecule has 0 spiro atoms. The smallest absolute Gasteiger partial charge is 0.305 e. The van der Waals surface area contributed by atoms with E-state index < -0.39 is 16.0 Å². The van der Waals surface area contributed by atoms with Crippen molar-refractivity contribution in [2.45, 2.75) is 12.8 Å². The molecule has 0 heterocycles. The average Bonchev–Trinajstić information content (AvgIpc) is 2.38. The second-order valence-electron chi connectivity index (χ2n) is 4.06. The number of rotatable bonds is 7. The summed E-state index contributed by atoms with van der Waals surface area (Å²) in [6.45, 7) is 0. The Bertz CT molecular complexity index is 571. The van der Waals surface area contributed by atoms with Crippen molar-refractivity contribution in [1.29, 1.82) is 0 Å². The molecule has 0 saturated carbocycles. The fraction of sp³-hybridized carbons (Fsp3) is 0.417. The van der Waals surface area contributed by atoms with Crippen LogP contribution in [-0.2, 0) is 19.6 Å². The summed E-state index contributed by atoms with van der Waals surface area (Å²) >= 11 is 0. The summed E-state index contributed by atoms with van der Waals surface area (Å²) in [7, 11) is -0.893. The molecule has 7 nitrogen and oxygen atoms in total. The first-order valence-corrected chi connectivity index (χ1v) is 7.54. The Labute approximate surface area is 118 Å². The third-order valence-corrected chi connectivity index (χ3v) is 3.87. The van der Waals surface area contributed by atoms with E-state index in [1.807, 2.05) is 0 Å². The van der Waals surface area contributed by atoms with Crippen LogP contribution in [0.3, 0.4) is 0 Å². The van der Waals surface area contributed by atoms with Gasteiger partial charge >= 0.3 is 5.97 Å². The van der Waals surface area contributed by atoms with E-state index >= 15 is 0 Å². The van der Waals surface area contributed by atoms with Gasteiger partial charge in [0.05, 0.1) is 25.7 Å². The van der Waals surface area contributed by atoms with Gasteiger partial charge < -0.3 is 15.2 Å². The van der Waals surface area contributed by atoms with Crippen molar-refractivity contribution in [2.24, 2.45) is 0 Å². The van der Waals surface area contributed by atoms with Crippen molar-refractivity contribution >= 4 is 27.4 Å². The van der Waals surface area contributed by atoms with Gasteiger partial charge in [0.2, 0.25) is 10.0 Å². The van der Waals surface area contributed by atoms with Crippen LogP contribution in [0.4, 0.5) is 11.4 Å². The van der Waals surface area contributed by atoms with Crippen LogP contribution in [-0.4, -0.2) is 34.4 Å². The highest BCUT2D eigenvalue weighted by atomic mass is 32.2. The SMILES string of the molecule is COC(=O)CCCS(=O)(=O)Nc1cc(N)ccc1OC. The number of benzene rings is 1. The Morgan fingerprint density at radius 2 is 2.05 bits per heavy atom. The topological polar surface area (TPSA) is 108 Å². The quantitative estimate of drug-likeness (QED) is 0.574. The summed E-state index contributed by atoms with van der Waals surface area (Å²) in [6, 6.07) is 4.65. The van der Waals surface area contributed by atoms with Gasteiger partial charge in [-0.2, -0.15) is 0 Å². The summed E-state index contributed by atoms with van der Waals surface area (Å²) in [4.78, 5) is 10.9. The molecule has 1 rings (SSSR count). The van der Waals surface area contributed by atoms with Crippen LogP contribution in [0.1, 0.15) is 12.8 Å². The molecule has 112 valence electrons. The second-order valence-corrected chi connectivity index (χ2v) is 5.90. The zero-order chi connectivity index (χ0) is 15.2. The molecule has 0 atom stereocenters. The zero-order valence-corrected chi connectivity index (χ0v) is 12.2. The van der Waals surface area contributed by atoms with Gasteiger partial charge in [0, 0.05) is 12.1 Å². The highest BCUT2D eigenvalue weighted by molar-refractivity contribution is 7.92. The number of anilines is 2. The predicted molar refractivity (Wildman–Crippen MR) is 76.1 cm³/mol. The number of hydrogen-bond acceptors (Lipinski definition) is 6. The minimum absolute atomic E-state index is 0.0471. The van der Waals surface area contributed by atoms with Gasteiger partial charge in [0.1, 0.15) is 5.75 Å². The number of hydrogen-bond donors (Lipinski definition) is 2. The first kappa shape index (κ1) is 16.1. The highest BCUT2D eigenvalue weighted by Gasteiger charge is 2.14. The van der Waals surface area contributed by atoms with Crippen LogP contribution < -0.4 is 15.2 Å². The van der Waals surface area contributed by atoms with Crippen LogP contribution in [0.5, 0.6) is 5.75 Å². The van der Waals surface area contributed by atoms with E-state index in [-0.39, 0.29) is 24.3 Å². The van der Waals surface area contributed by atoms with Gasteiger partial charge in [-0.15, -0.1) is 0 Å². The minimum Gasteiger partial charge on any atom is -0.495 e. The monoisotopic (exact) mass is 302 g/mol. The molecule has 8 heteroatoms. The summed E-state index contributed by atoms with van der Waals surface area (Å²) in [5.41, 5.74) is 6.29. The number of carbonyl (C=O) groups excluding carboxylic acids is 1. The predicted octanol–water partition coefficient (Wildman–Crippen LogP) is 0.972. The molecule has 1 aromatic rings. The van der Waals surface area contributed by atoms with Crippen molar-refractivity contribution in [1.82, 2.24) is 0 Å². The number of ether oxygens (including phenoxy) is 2. The van der Waals surface area contributed by atoms with Crippen molar-refractivity contribution in [3.8, 4) is 5.75 Å². The Morgan fingerprint density at radius 1 is 1.35 bits per heavy atom. The zero-order valence-electron chi connectivity index (χ0n) is 11.4. The molecule has 0 aromatic heterocycles. The third kappa shape index (κ3) is 4.96. The van der Waals surface area contributed by atoms with Gasteiger partial charge in [-0.1, -0.05) is 0 Å². The highest BCUT2D eigenvalue weighted by Crippen LogP contribution is 2.27. The molecule has 0 aliphatic rings. The lowest BCUT2D eigenvalue weighted by molar-refractivity contribution is -0.140. The minimum atomic E-state index is -3.58. The molecule has 0 aliphatic heterocycles. The van der Waals surface area contributed by atoms with E-state index in [1.165, 1.54) is 20.3 Å². The first-order valence-electron chi connectivity index (χ1n) is 5.89. The molecule has 0 radical (unpaired) electrons. The number of nitrogens with two attached hydrogens (primary N) is 1. The van der Waals surface area contributed by atoms with Gasteiger partial charge in [0.15, 0.2) is 0 Å². The summed E-state index contributed by atoms with van der Waals surface area (Å²) in [5.74, 6) is -0.266. The number of esters is 1. The van der Waals surface area contributed by atoms with Crippen LogP contribution in [0.2, 0.25) is 0 Å². The largest absolute Gasteiger partial charge is 0.495 e. The van der Waals surface area contributed by atoms with Gasteiger partial charge in [-0.05, 0) is 24.6 Å². The van der Waals surface area contributed by atoms with E-state index in [0.29, 0.717) is 11.4 Å². The lowest BCUT2D eigenvalue weighted by atomic mass is 10.2. The molecule has 20 heavy (non-hydrogen) atoms. The maximum Gasteiger partial charge on any atom is 0.305 e. The maximum absolute atomic E-state index is 11.9. The fourth-order valence-corrected chi connectivity index (χ4v) is 2.65. The maximum atomic E-state index is 11.9. The molecular formula is C12H18N2O5S. The Hall–Kier alpha value is -1.96. The van der Waals surface area contributed by atoms with E-state index in [4.69, 9.17) is 10.5 Å². The molecule has 0 fully saturated rings. The summed E-state index contributed by atoms with van der Waals surface area (Å²) < 4.78 is 35.7. The average molecular weight is 302 g/mol. The summed E-state index contributed by atoms with van der Waals surface area (Å²) in [5, 5.41) is 0. The Kier molecular flexibility index (Phi) is 5.63. The molecule has 0 bridgehead atoms. The lowest BCUT2D eigenvalue weighted by Crippen LogP contribution is -2.18. The summed E-state index contributed by atoms with van der Waals surface area (Å²) in [6.07, 6.45) is 0.220. The normalized spacial score (nSPS) is 10.9. The molecule has 0 unspecified atom stereocenters. The van der Waals surface area contributed by atoms with Gasteiger partial charge in [-0.25, -0.2) is 8.42 Å². The van der Waals surface area contributed by atoms with Crippen LogP contribution >= 0.6 is 0 Å². The molecule has 1 aromatic carbocycles. The molecule has 0 saturated heterocycles. The molecule has 0 amide bonds. The van der Waals surface area contributed by atoms with Crippen molar-refractivity contribution in [2.75, 3.05) is 30.4 Å². The van der Waals surface area contributed by atoms with Gasteiger partial charge in [-0.3, -0.25) is 9.52 Å². The van der Waals surface area contributed by atoms with Crippen LogP contribution in [0.25, 0.3) is 0 Å². The number of sulfonamides is 1. The molecule has 0 aliphatic carbocycles. The lowest BCUT2D eigenvalue weighted by Gasteiger charge is -2.12. The second kappa shape index (κ2) is 6.99. The standard InChI is InChI=1S/C12H18N2O5S/c1-18-11-6-5-9(13)8-10(11)14-20(16,17)7-3-4-12(15)19-2/h5-6,8,14H,3-4,7,13H2,1-2H3. The Balaban J connectivity index is 2.71. The van der Waals surface area contributed by atoms with Crippen LogP contribution in [0, 0.1) is 0 Å². The number of nitrogen functional groups attached to an aromatic ring is 1. The number of carbonyl (C=O) groups is 1. The fourth-order valence-electron chi connectivity index (χ4n) is 1.53. The number of methoxy groups -OCH3 is 2. The molecular weight excluding hydrogens is 284 g/mol. The molecule has 3 N–H and O–H groups in total. The van der Waals surface area contributed by atoms with E-state index in [0.717, 1.165) is 0 Å². The van der Waals surface area contributed by atoms with E-state index in [1.54, 1.807) is 12.1 Å².